The van der Waals surface area contributed by atoms with Crippen LogP contribution in [0.1, 0.15) is 24.3 Å². The smallest absolute Gasteiger partial charge is 0.260 e. The van der Waals surface area contributed by atoms with Gasteiger partial charge in [0.25, 0.3) is 5.78 Å². The van der Waals surface area contributed by atoms with Gasteiger partial charge in [0.15, 0.2) is 10.8 Å². The summed E-state index contributed by atoms with van der Waals surface area (Å²) in [4.78, 5) is 6.88. The van der Waals surface area contributed by atoms with Crippen molar-refractivity contribution in [2.45, 2.75) is 37.6 Å². The van der Waals surface area contributed by atoms with Crippen molar-refractivity contribution in [2.24, 2.45) is 0 Å². The maximum atomic E-state index is 5.99. The topological polar surface area (TPSA) is 69.6 Å². The monoisotopic (exact) mass is 346 g/mol. The molecule has 0 radical (unpaired) electrons. The Morgan fingerprint density at radius 1 is 1.35 bits per heavy atom. The van der Waals surface area contributed by atoms with E-state index in [0.29, 0.717) is 12.4 Å². The fourth-order valence-corrected chi connectivity index (χ4v) is 4.96. The van der Waals surface area contributed by atoms with Gasteiger partial charge in [-0.15, -0.1) is 21.5 Å². The van der Waals surface area contributed by atoms with E-state index in [1.807, 2.05) is 6.26 Å². The van der Waals surface area contributed by atoms with Crippen LogP contribution in [0, 0.1) is 0 Å². The lowest BCUT2D eigenvalue weighted by Crippen LogP contribution is -2.31. The predicted molar refractivity (Wildman–Crippen MR) is 89.3 cm³/mol. The third-order valence-corrected chi connectivity index (χ3v) is 6.05. The molecule has 1 aliphatic heterocycles. The van der Waals surface area contributed by atoms with E-state index in [2.05, 4.69) is 38.5 Å². The second-order valence-corrected chi connectivity index (χ2v) is 8.08. The molecule has 5 rings (SSSR count). The molecule has 0 aliphatic carbocycles. The Morgan fingerprint density at radius 2 is 2.22 bits per heavy atom. The Morgan fingerprint density at radius 3 is 3.04 bits per heavy atom. The fraction of sp³-hybridized carbons (Fsp3) is 0.429. The molecule has 4 aromatic heterocycles. The average molecular weight is 346 g/mol. The first-order chi connectivity index (χ1) is 11.1. The number of hydrogen-bond donors (Lipinski definition) is 0. The molecule has 0 atom stereocenters. The van der Waals surface area contributed by atoms with Gasteiger partial charge >= 0.3 is 0 Å². The summed E-state index contributed by atoms with van der Waals surface area (Å²) in [5.41, 5.74) is 2.01. The number of fused-ring (bicyclic) bond motifs is 8. The summed E-state index contributed by atoms with van der Waals surface area (Å²) in [6.07, 6.45) is 4.46. The Balaban J connectivity index is 2.01. The number of thioether (sulfide) groups is 1. The Bertz CT molecular complexity index is 1080. The van der Waals surface area contributed by atoms with Crippen molar-refractivity contribution in [2.75, 3.05) is 6.26 Å². The minimum absolute atomic E-state index is 0.164. The van der Waals surface area contributed by atoms with Crippen LogP contribution in [0.5, 0.6) is 0 Å². The van der Waals surface area contributed by atoms with Crippen LogP contribution in [0.25, 0.3) is 21.6 Å². The summed E-state index contributed by atoms with van der Waals surface area (Å²) in [6.45, 7) is 4.90. The van der Waals surface area contributed by atoms with E-state index >= 15 is 0 Å². The lowest BCUT2D eigenvalue weighted by atomic mass is 9.94. The highest BCUT2D eigenvalue weighted by Gasteiger charge is 2.31. The number of ether oxygens (including phenoxy) is 1. The van der Waals surface area contributed by atoms with Crippen molar-refractivity contribution in [3.05, 3.63) is 16.8 Å². The maximum absolute atomic E-state index is 5.99. The van der Waals surface area contributed by atoms with E-state index in [1.165, 1.54) is 10.4 Å². The van der Waals surface area contributed by atoms with E-state index in [-0.39, 0.29) is 5.60 Å². The summed E-state index contributed by atoms with van der Waals surface area (Å²) in [7, 11) is 0. The minimum atomic E-state index is -0.164. The Kier molecular flexibility index (Phi) is 2.64. The van der Waals surface area contributed by atoms with Crippen molar-refractivity contribution < 1.29 is 4.74 Å². The van der Waals surface area contributed by atoms with E-state index in [0.717, 1.165) is 27.4 Å². The van der Waals surface area contributed by atoms with Crippen LogP contribution >= 0.6 is 23.1 Å². The van der Waals surface area contributed by atoms with Gasteiger partial charge in [-0.1, -0.05) is 11.8 Å². The molecule has 0 unspecified atom stereocenters. The van der Waals surface area contributed by atoms with Crippen LogP contribution in [0.4, 0.5) is 0 Å². The highest BCUT2D eigenvalue weighted by molar-refractivity contribution is 7.98. The number of hydrogen-bond acceptors (Lipinski definition) is 7. The molecule has 1 aliphatic rings. The van der Waals surface area contributed by atoms with Gasteiger partial charge in [-0.3, -0.25) is 0 Å². The molecule has 0 amide bonds. The second-order valence-electron chi connectivity index (χ2n) is 6.23. The minimum Gasteiger partial charge on any atom is -0.370 e. The maximum Gasteiger partial charge on any atom is 0.260 e. The summed E-state index contributed by atoms with van der Waals surface area (Å²) >= 11 is 3.33. The van der Waals surface area contributed by atoms with Crippen LogP contribution < -0.4 is 0 Å². The molecule has 5 heterocycles. The van der Waals surface area contributed by atoms with Gasteiger partial charge in [0.05, 0.1) is 17.6 Å². The number of aromatic nitrogens is 6. The third kappa shape index (κ3) is 1.75. The van der Waals surface area contributed by atoms with E-state index < -0.39 is 0 Å². The third-order valence-electron chi connectivity index (χ3n) is 4.23. The molecule has 0 spiro atoms. The van der Waals surface area contributed by atoms with Crippen LogP contribution in [0.2, 0.25) is 0 Å². The van der Waals surface area contributed by atoms with Crippen molar-refractivity contribution in [1.29, 1.82) is 0 Å². The zero-order chi connectivity index (χ0) is 15.8. The van der Waals surface area contributed by atoms with Crippen molar-refractivity contribution in [3.8, 4) is 0 Å². The molecule has 7 nitrogen and oxygen atoms in total. The van der Waals surface area contributed by atoms with Crippen LogP contribution in [0.15, 0.2) is 11.5 Å². The average Bonchev–Trinajstić information content (AvgIpc) is 3.20. The normalized spacial score (nSPS) is 17.3. The lowest BCUT2D eigenvalue weighted by Gasteiger charge is -2.30. The highest BCUT2D eigenvalue weighted by atomic mass is 32.2. The summed E-state index contributed by atoms with van der Waals surface area (Å²) in [6, 6.07) is 0. The SMILES string of the molecule is CSc1nnc2n3ncnc3c3c4c(sc3n12)COC(C)(C)C4. The molecule has 0 aromatic carbocycles. The molecule has 118 valence electrons. The number of thiophene rings is 1. The van der Waals surface area contributed by atoms with Gasteiger partial charge in [-0.25, -0.2) is 9.38 Å². The molecule has 0 saturated heterocycles. The molecular formula is C14H14N6OS2. The van der Waals surface area contributed by atoms with Gasteiger partial charge in [-0.05, 0) is 25.7 Å². The Labute approximate surface area is 139 Å². The standard InChI is InChI=1S/C14H14N6OS2/c1-14(2)4-7-8(5-21-14)23-11-9(7)10-15-6-16-20(10)12-17-18-13(22-3)19(11)12/h6H,4-5H2,1-3H3. The molecule has 0 fully saturated rings. The zero-order valence-corrected chi connectivity index (χ0v) is 14.5. The van der Waals surface area contributed by atoms with Gasteiger partial charge in [0, 0.05) is 11.3 Å². The number of nitrogens with zero attached hydrogens (tertiary/aromatic N) is 6. The summed E-state index contributed by atoms with van der Waals surface area (Å²) in [5, 5.41) is 15.0. The number of rotatable bonds is 1. The van der Waals surface area contributed by atoms with Crippen molar-refractivity contribution in [1.82, 2.24) is 29.2 Å². The van der Waals surface area contributed by atoms with E-state index in [9.17, 15) is 0 Å². The molecule has 4 aromatic rings. The molecule has 9 heteroatoms. The largest absolute Gasteiger partial charge is 0.370 e. The van der Waals surface area contributed by atoms with Gasteiger partial charge in [0.2, 0.25) is 0 Å². The first-order valence-corrected chi connectivity index (χ1v) is 9.32. The summed E-state index contributed by atoms with van der Waals surface area (Å²) in [5.74, 6) is 0.702. The van der Waals surface area contributed by atoms with Crippen molar-refractivity contribution >= 4 is 44.7 Å². The van der Waals surface area contributed by atoms with Crippen LogP contribution in [0.3, 0.4) is 0 Å². The first-order valence-electron chi connectivity index (χ1n) is 7.28. The molecule has 0 saturated carbocycles. The second kappa shape index (κ2) is 4.43. The fourth-order valence-electron chi connectivity index (χ4n) is 3.19. The quantitative estimate of drug-likeness (QED) is 0.493. The van der Waals surface area contributed by atoms with Gasteiger partial charge in [0.1, 0.15) is 11.2 Å². The van der Waals surface area contributed by atoms with Gasteiger partial charge in [-0.2, -0.15) is 9.61 Å². The first kappa shape index (κ1) is 13.7. The van der Waals surface area contributed by atoms with Gasteiger partial charge < -0.3 is 4.74 Å². The van der Waals surface area contributed by atoms with E-state index in [4.69, 9.17) is 4.74 Å². The van der Waals surface area contributed by atoms with Crippen molar-refractivity contribution in [3.63, 3.8) is 0 Å². The van der Waals surface area contributed by atoms with E-state index in [1.54, 1.807) is 33.9 Å². The summed E-state index contributed by atoms with van der Waals surface area (Å²) < 4.78 is 9.85. The lowest BCUT2D eigenvalue weighted by molar-refractivity contribution is -0.0379. The zero-order valence-electron chi connectivity index (χ0n) is 12.9. The molecule has 23 heavy (non-hydrogen) atoms. The molecule has 0 bridgehead atoms. The highest BCUT2D eigenvalue weighted by Crippen LogP contribution is 2.41. The molecular weight excluding hydrogens is 332 g/mol. The van der Waals surface area contributed by atoms with Crippen LogP contribution in [-0.2, 0) is 17.8 Å². The Hall–Kier alpha value is -1.71. The predicted octanol–water partition coefficient (Wildman–Crippen LogP) is 2.56. The van der Waals surface area contributed by atoms with Crippen LogP contribution in [-0.4, -0.2) is 41.1 Å². The molecule has 0 N–H and O–H groups in total.